The summed E-state index contributed by atoms with van der Waals surface area (Å²) in [5.74, 6) is 1.32. The van der Waals surface area contributed by atoms with Gasteiger partial charge in [0.25, 0.3) is 0 Å². The Morgan fingerprint density at radius 1 is 0.765 bits per heavy atom. The number of benzene rings is 3. The molecule has 2 aromatic heterocycles. The maximum atomic E-state index is 7.02. The first-order valence-corrected chi connectivity index (χ1v) is 20.1. The predicted octanol–water partition coefficient (Wildman–Crippen LogP) is 7.62. The molecule has 1 aliphatic rings. The molecular weight excluding hydrogens is 485 g/mol. The Kier molecular flexibility index (Phi) is 5.37. The third kappa shape index (κ3) is 3.52. The second kappa shape index (κ2) is 8.19. The molecule has 0 bridgehead atoms. The molecule has 0 fully saturated rings. The molecule has 6 rings (SSSR count). The molecule has 2 atom stereocenters. The van der Waals surface area contributed by atoms with Crippen LogP contribution in [-0.4, -0.2) is 16.9 Å². The lowest BCUT2D eigenvalue weighted by molar-refractivity contribution is 0.225. The summed E-state index contributed by atoms with van der Waals surface area (Å²) in [4.78, 5) is 0. The lowest BCUT2D eigenvalue weighted by atomic mass is 9.83. The van der Waals surface area contributed by atoms with Gasteiger partial charge in [-0.3, -0.25) is 0 Å². The number of hydrogen-bond acceptors (Lipinski definition) is 3. The van der Waals surface area contributed by atoms with Gasteiger partial charge < -0.3 is 4.74 Å². The summed E-state index contributed by atoms with van der Waals surface area (Å²) < 4.78 is 13.1. The first-order valence-electron chi connectivity index (χ1n) is 12.1. The average Bonchev–Trinajstić information content (AvgIpc) is 3.54. The molecule has 0 saturated carbocycles. The molecular formula is C29H30OS2Si2. The monoisotopic (exact) mass is 514 g/mol. The summed E-state index contributed by atoms with van der Waals surface area (Å²) in [7, 11) is -2.35. The largest absolute Gasteiger partial charge is 0.484 e. The molecule has 172 valence electrons. The van der Waals surface area contributed by atoms with Crippen LogP contribution in [0.1, 0.15) is 28.7 Å². The highest BCUT2D eigenvalue weighted by molar-refractivity contribution is 7.36. The van der Waals surface area contributed by atoms with Crippen molar-refractivity contribution in [2.24, 2.45) is 0 Å². The number of thiophene rings is 2. The van der Waals surface area contributed by atoms with Crippen molar-refractivity contribution < 1.29 is 4.74 Å². The Labute approximate surface area is 212 Å². The van der Waals surface area contributed by atoms with Gasteiger partial charge in [0.15, 0.2) is 0 Å². The van der Waals surface area contributed by atoms with Crippen molar-refractivity contribution in [2.45, 2.75) is 44.8 Å². The van der Waals surface area contributed by atoms with Crippen LogP contribution in [0.2, 0.25) is 32.7 Å². The minimum atomic E-state index is -1.44. The van der Waals surface area contributed by atoms with Crippen molar-refractivity contribution in [1.82, 2.24) is 0 Å². The van der Waals surface area contributed by atoms with Crippen LogP contribution in [0.15, 0.2) is 72.8 Å². The number of hydrogen-bond donors (Lipinski definition) is 0. The van der Waals surface area contributed by atoms with E-state index in [2.05, 4.69) is 117 Å². The Morgan fingerprint density at radius 2 is 1.38 bits per heavy atom. The zero-order valence-electron chi connectivity index (χ0n) is 20.4. The summed E-state index contributed by atoms with van der Waals surface area (Å²) in [6, 6.07) is 26.8. The molecule has 1 nitrogen and oxygen atoms in total. The molecule has 3 heterocycles. The van der Waals surface area contributed by atoms with Crippen molar-refractivity contribution in [3.63, 3.8) is 0 Å². The molecule has 0 spiro atoms. The SMILES string of the molecule is C[SiH](C)c1cc2c3c(c4cc([Si](C)(C)C)sc4c2s1)OC(c1ccccc1)C3c1ccccc1. The quantitative estimate of drug-likeness (QED) is 0.224. The molecule has 0 saturated heterocycles. The minimum Gasteiger partial charge on any atom is -0.484 e. The van der Waals surface area contributed by atoms with Gasteiger partial charge in [-0.15, -0.1) is 22.7 Å². The second-order valence-electron chi connectivity index (χ2n) is 10.7. The van der Waals surface area contributed by atoms with E-state index in [1.807, 2.05) is 11.3 Å². The Hall–Kier alpha value is -2.19. The summed E-state index contributed by atoms with van der Waals surface area (Å²) in [6.45, 7) is 12.3. The summed E-state index contributed by atoms with van der Waals surface area (Å²) in [5.41, 5.74) is 3.99. The topological polar surface area (TPSA) is 9.23 Å². The minimum absolute atomic E-state index is 0.0118. The molecule has 0 radical (unpaired) electrons. The van der Waals surface area contributed by atoms with E-state index in [4.69, 9.17) is 4.74 Å². The third-order valence-corrected chi connectivity index (χ3v) is 15.8. The molecule has 34 heavy (non-hydrogen) atoms. The maximum absolute atomic E-state index is 7.02. The molecule has 2 unspecified atom stereocenters. The number of fused-ring (bicyclic) bond motifs is 6. The normalized spacial score (nSPS) is 18.1. The summed E-state index contributed by atoms with van der Waals surface area (Å²) >= 11 is 4.08. The van der Waals surface area contributed by atoms with Gasteiger partial charge in [0.1, 0.15) is 11.9 Å². The van der Waals surface area contributed by atoms with E-state index in [0.717, 1.165) is 5.75 Å². The van der Waals surface area contributed by atoms with Gasteiger partial charge in [-0.25, -0.2) is 0 Å². The molecule has 5 aromatic rings. The van der Waals surface area contributed by atoms with Crippen LogP contribution in [0.3, 0.4) is 0 Å². The summed E-state index contributed by atoms with van der Waals surface area (Å²) in [5, 5.41) is 2.77. The Morgan fingerprint density at radius 3 is 2.00 bits per heavy atom. The van der Waals surface area contributed by atoms with Gasteiger partial charge >= 0.3 is 0 Å². The van der Waals surface area contributed by atoms with Crippen molar-refractivity contribution in [1.29, 1.82) is 0 Å². The van der Waals surface area contributed by atoms with E-state index in [0.29, 0.717) is 0 Å². The first-order chi connectivity index (χ1) is 16.3. The van der Waals surface area contributed by atoms with E-state index in [1.165, 1.54) is 36.9 Å². The van der Waals surface area contributed by atoms with Crippen LogP contribution in [0.5, 0.6) is 5.75 Å². The van der Waals surface area contributed by atoms with Crippen LogP contribution in [-0.2, 0) is 0 Å². The fourth-order valence-electron chi connectivity index (χ4n) is 5.12. The van der Waals surface area contributed by atoms with Gasteiger partial charge in [0, 0.05) is 16.3 Å². The van der Waals surface area contributed by atoms with Gasteiger partial charge in [-0.2, -0.15) is 0 Å². The van der Waals surface area contributed by atoms with Crippen molar-refractivity contribution in [3.05, 3.63) is 89.5 Å². The lowest BCUT2D eigenvalue weighted by Crippen LogP contribution is -2.34. The molecule has 5 heteroatoms. The number of ether oxygens (including phenoxy) is 1. The van der Waals surface area contributed by atoms with Crippen molar-refractivity contribution in [2.75, 3.05) is 0 Å². The van der Waals surface area contributed by atoms with Crippen LogP contribution < -0.4 is 13.7 Å². The van der Waals surface area contributed by atoms with Crippen LogP contribution in [0.25, 0.3) is 20.2 Å². The van der Waals surface area contributed by atoms with Crippen molar-refractivity contribution >= 4 is 68.7 Å². The maximum Gasteiger partial charge on any atom is 0.135 e. The zero-order valence-corrected chi connectivity index (χ0v) is 24.2. The Bertz CT molecular complexity index is 1490. The molecule has 1 aliphatic heterocycles. The van der Waals surface area contributed by atoms with Crippen LogP contribution in [0.4, 0.5) is 0 Å². The fraction of sp³-hybridized carbons (Fsp3) is 0.241. The highest BCUT2D eigenvalue weighted by Gasteiger charge is 2.40. The first kappa shape index (κ1) is 22.3. The average molecular weight is 515 g/mol. The highest BCUT2D eigenvalue weighted by Crippen LogP contribution is 2.56. The van der Waals surface area contributed by atoms with Crippen LogP contribution >= 0.6 is 22.7 Å². The van der Waals surface area contributed by atoms with E-state index in [-0.39, 0.29) is 12.0 Å². The fourth-order valence-corrected chi connectivity index (χ4v) is 11.0. The second-order valence-corrected chi connectivity index (χ2v) is 21.6. The van der Waals surface area contributed by atoms with E-state index in [9.17, 15) is 0 Å². The molecule has 0 aliphatic carbocycles. The van der Waals surface area contributed by atoms with Gasteiger partial charge in [-0.05, 0) is 32.3 Å². The van der Waals surface area contributed by atoms with E-state index < -0.39 is 16.9 Å². The third-order valence-electron chi connectivity index (χ3n) is 6.92. The van der Waals surface area contributed by atoms with Gasteiger partial charge in [0.2, 0.25) is 0 Å². The highest BCUT2D eigenvalue weighted by atomic mass is 32.1. The summed E-state index contributed by atoms with van der Waals surface area (Å²) in [6.07, 6.45) is -0.0118. The number of rotatable bonds is 4. The predicted molar refractivity (Wildman–Crippen MR) is 157 cm³/mol. The Balaban J connectivity index is 1.71. The van der Waals surface area contributed by atoms with E-state index in [1.54, 1.807) is 9.00 Å². The zero-order chi connectivity index (χ0) is 23.6. The van der Waals surface area contributed by atoms with Crippen molar-refractivity contribution in [3.8, 4) is 5.75 Å². The van der Waals surface area contributed by atoms with Gasteiger partial charge in [0.05, 0.1) is 32.2 Å². The van der Waals surface area contributed by atoms with Crippen LogP contribution in [0, 0.1) is 0 Å². The van der Waals surface area contributed by atoms with E-state index >= 15 is 0 Å². The molecule has 3 aromatic carbocycles. The smallest absolute Gasteiger partial charge is 0.135 e. The lowest BCUT2D eigenvalue weighted by Gasteiger charge is -2.20. The van der Waals surface area contributed by atoms with Gasteiger partial charge in [-0.1, -0.05) is 93.4 Å². The molecule has 0 N–H and O–H groups in total. The molecule has 0 amide bonds. The standard InChI is InChI=1S/C29H30OS2Si2/c1-33(2)22-16-20-25-24(18-12-8-6-9-13-18)26(19-14-10-7-11-15-19)30-27(25)21-17-23(34(3,4)5)32-29(21)28(20)31-22/h6-17,24,26,33H,1-5H3.